The van der Waals surface area contributed by atoms with Crippen LogP contribution in [0.3, 0.4) is 0 Å². The maximum atomic E-state index is 6.21. The first-order valence-corrected chi connectivity index (χ1v) is 7.29. The van der Waals surface area contributed by atoms with Crippen LogP contribution in [-0.4, -0.2) is 31.2 Å². The Bertz CT molecular complexity index is 578. The molecule has 4 heteroatoms. The third-order valence-electron chi connectivity index (χ3n) is 3.83. The van der Waals surface area contributed by atoms with Crippen molar-refractivity contribution in [3.63, 3.8) is 0 Å². The quantitative estimate of drug-likeness (QED) is 0.844. The molecule has 1 aliphatic rings. The smallest absolute Gasteiger partial charge is 0.128 e. The third kappa shape index (κ3) is 2.59. The van der Waals surface area contributed by atoms with Gasteiger partial charge in [-0.25, -0.2) is 4.98 Å². The zero-order valence-corrected chi connectivity index (χ0v) is 12.3. The van der Waals surface area contributed by atoms with Crippen LogP contribution in [0.1, 0.15) is 5.56 Å². The Balaban J connectivity index is 1.71. The van der Waals surface area contributed by atoms with Crippen LogP contribution in [0.4, 0.5) is 11.5 Å². The fourth-order valence-corrected chi connectivity index (χ4v) is 2.83. The van der Waals surface area contributed by atoms with Crippen molar-refractivity contribution >= 4 is 23.1 Å². The normalized spacial score (nSPS) is 15.5. The van der Waals surface area contributed by atoms with E-state index in [1.54, 1.807) is 0 Å². The lowest BCUT2D eigenvalue weighted by atomic mass is 10.1. The molecule has 1 aliphatic heterocycles. The first-order chi connectivity index (χ1) is 9.75. The van der Waals surface area contributed by atoms with E-state index in [2.05, 4.69) is 33.8 Å². The average Bonchev–Trinajstić information content (AvgIpc) is 2.51. The number of halogens is 1. The highest BCUT2D eigenvalue weighted by Gasteiger charge is 2.19. The van der Waals surface area contributed by atoms with Gasteiger partial charge in [-0.2, -0.15) is 0 Å². The van der Waals surface area contributed by atoms with Gasteiger partial charge in [0.05, 0.1) is 0 Å². The molecule has 0 spiro atoms. The Morgan fingerprint density at radius 3 is 2.40 bits per heavy atom. The monoisotopic (exact) mass is 287 g/mol. The molecule has 104 valence electrons. The van der Waals surface area contributed by atoms with Crippen molar-refractivity contribution in [2.75, 3.05) is 36.0 Å². The second-order valence-electron chi connectivity index (χ2n) is 5.05. The molecule has 0 N–H and O–H groups in total. The Labute approximate surface area is 124 Å². The Kier molecular flexibility index (Phi) is 3.79. The van der Waals surface area contributed by atoms with Gasteiger partial charge in [-0.3, -0.25) is 0 Å². The van der Waals surface area contributed by atoms with E-state index < -0.39 is 0 Å². The van der Waals surface area contributed by atoms with Crippen molar-refractivity contribution in [1.29, 1.82) is 0 Å². The number of hydrogen-bond donors (Lipinski definition) is 0. The van der Waals surface area contributed by atoms with E-state index in [0.717, 1.165) is 37.0 Å². The van der Waals surface area contributed by atoms with Crippen molar-refractivity contribution in [3.05, 3.63) is 53.2 Å². The fourth-order valence-electron chi connectivity index (χ4n) is 2.66. The fraction of sp³-hybridized carbons (Fsp3) is 0.312. The van der Waals surface area contributed by atoms with Crippen molar-refractivity contribution in [1.82, 2.24) is 4.98 Å². The molecule has 1 saturated heterocycles. The number of piperazine rings is 1. The molecule has 0 amide bonds. The van der Waals surface area contributed by atoms with Crippen LogP contribution in [0.5, 0.6) is 0 Å². The number of hydrogen-bond acceptors (Lipinski definition) is 3. The molecule has 0 unspecified atom stereocenters. The van der Waals surface area contributed by atoms with Crippen LogP contribution < -0.4 is 9.80 Å². The Morgan fingerprint density at radius 1 is 0.950 bits per heavy atom. The summed E-state index contributed by atoms with van der Waals surface area (Å²) in [4.78, 5) is 9.15. The SMILES string of the molecule is Cc1c(Cl)cccc1N1CCN(c2ccccn2)CC1. The van der Waals surface area contributed by atoms with E-state index in [-0.39, 0.29) is 0 Å². The van der Waals surface area contributed by atoms with E-state index in [9.17, 15) is 0 Å². The van der Waals surface area contributed by atoms with Gasteiger partial charge in [-0.1, -0.05) is 23.7 Å². The molecule has 2 heterocycles. The summed E-state index contributed by atoms with van der Waals surface area (Å²) in [6, 6.07) is 12.2. The molecule has 0 radical (unpaired) electrons. The molecule has 20 heavy (non-hydrogen) atoms. The lowest BCUT2D eigenvalue weighted by molar-refractivity contribution is 0.646. The minimum Gasteiger partial charge on any atom is -0.368 e. The van der Waals surface area contributed by atoms with E-state index in [4.69, 9.17) is 11.6 Å². The first kappa shape index (κ1) is 13.3. The van der Waals surface area contributed by atoms with Gasteiger partial charge < -0.3 is 9.80 Å². The number of nitrogens with zero attached hydrogens (tertiary/aromatic N) is 3. The molecule has 1 aromatic carbocycles. The molecule has 2 aromatic rings. The molecule has 0 saturated carbocycles. The zero-order valence-electron chi connectivity index (χ0n) is 11.6. The van der Waals surface area contributed by atoms with Crippen LogP contribution in [0.25, 0.3) is 0 Å². The van der Waals surface area contributed by atoms with E-state index >= 15 is 0 Å². The summed E-state index contributed by atoms with van der Waals surface area (Å²) in [5, 5.41) is 0.842. The Morgan fingerprint density at radius 2 is 1.70 bits per heavy atom. The Hall–Kier alpha value is -1.74. The summed E-state index contributed by atoms with van der Waals surface area (Å²) in [5.41, 5.74) is 2.42. The van der Waals surface area contributed by atoms with Gasteiger partial charge >= 0.3 is 0 Å². The van der Waals surface area contributed by atoms with Gasteiger partial charge in [0, 0.05) is 43.1 Å². The highest BCUT2D eigenvalue weighted by Crippen LogP contribution is 2.27. The minimum atomic E-state index is 0.842. The highest BCUT2D eigenvalue weighted by molar-refractivity contribution is 6.31. The van der Waals surface area contributed by atoms with Crippen LogP contribution in [0.15, 0.2) is 42.6 Å². The number of anilines is 2. The summed E-state index contributed by atoms with van der Waals surface area (Å²) in [7, 11) is 0. The van der Waals surface area contributed by atoms with Crippen LogP contribution >= 0.6 is 11.6 Å². The van der Waals surface area contributed by atoms with Crippen LogP contribution in [-0.2, 0) is 0 Å². The first-order valence-electron chi connectivity index (χ1n) is 6.92. The lowest BCUT2D eigenvalue weighted by Gasteiger charge is -2.37. The standard InChI is InChI=1S/C16H18ClN3/c1-13-14(17)5-4-6-15(13)19-9-11-20(12-10-19)16-7-2-3-8-18-16/h2-8H,9-12H2,1H3. The molecule has 0 atom stereocenters. The van der Waals surface area contributed by atoms with E-state index in [0.29, 0.717) is 0 Å². The summed E-state index contributed by atoms with van der Waals surface area (Å²) < 4.78 is 0. The average molecular weight is 288 g/mol. The highest BCUT2D eigenvalue weighted by atomic mass is 35.5. The van der Waals surface area contributed by atoms with Gasteiger partial charge in [0.15, 0.2) is 0 Å². The van der Waals surface area contributed by atoms with Gasteiger partial charge in [0.2, 0.25) is 0 Å². The van der Waals surface area contributed by atoms with E-state index in [1.807, 2.05) is 30.5 Å². The van der Waals surface area contributed by atoms with Gasteiger partial charge in [0.1, 0.15) is 5.82 Å². The number of rotatable bonds is 2. The second kappa shape index (κ2) is 5.71. The predicted molar refractivity (Wildman–Crippen MR) is 84.9 cm³/mol. The van der Waals surface area contributed by atoms with Crippen molar-refractivity contribution < 1.29 is 0 Å². The summed E-state index contributed by atoms with van der Waals surface area (Å²) >= 11 is 6.21. The molecule has 3 nitrogen and oxygen atoms in total. The van der Waals surface area contributed by atoms with Gasteiger partial charge in [-0.05, 0) is 36.8 Å². The largest absolute Gasteiger partial charge is 0.368 e. The maximum Gasteiger partial charge on any atom is 0.128 e. The van der Waals surface area contributed by atoms with Crippen molar-refractivity contribution in [2.45, 2.75) is 6.92 Å². The maximum absolute atomic E-state index is 6.21. The molecule has 3 rings (SSSR count). The molecule has 0 aliphatic carbocycles. The summed E-state index contributed by atoms with van der Waals surface area (Å²) in [6.45, 7) is 6.06. The summed E-state index contributed by atoms with van der Waals surface area (Å²) in [5.74, 6) is 1.06. The number of pyridine rings is 1. The van der Waals surface area contributed by atoms with Gasteiger partial charge in [-0.15, -0.1) is 0 Å². The number of aromatic nitrogens is 1. The predicted octanol–water partition coefficient (Wildman–Crippen LogP) is 3.37. The summed E-state index contributed by atoms with van der Waals surface area (Å²) in [6.07, 6.45) is 1.85. The van der Waals surface area contributed by atoms with Gasteiger partial charge in [0.25, 0.3) is 0 Å². The topological polar surface area (TPSA) is 19.4 Å². The second-order valence-corrected chi connectivity index (χ2v) is 5.45. The third-order valence-corrected chi connectivity index (χ3v) is 4.24. The number of benzene rings is 1. The molecule has 0 bridgehead atoms. The molecule has 1 aromatic heterocycles. The lowest BCUT2D eigenvalue weighted by Crippen LogP contribution is -2.47. The van der Waals surface area contributed by atoms with Crippen LogP contribution in [0, 0.1) is 6.92 Å². The molecular formula is C16H18ClN3. The van der Waals surface area contributed by atoms with Crippen molar-refractivity contribution in [2.24, 2.45) is 0 Å². The molecule has 1 fully saturated rings. The zero-order chi connectivity index (χ0) is 13.9. The van der Waals surface area contributed by atoms with Crippen molar-refractivity contribution in [3.8, 4) is 0 Å². The van der Waals surface area contributed by atoms with Crippen LogP contribution in [0.2, 0.25) is 5.02 Å². The van der Waals surface area contributed by atoms with E-state index in [1.165, 1.54) is 11.3 Å². The minimum absolute atomic E-state index is 0.842. The molecular weight excluding hydrogens is 270 g/mol.